The molecule has 1 atom stereocenters. The molecule has 0 spiro atoms. The fraction of sp³-hybridized carbons (Fsp3) is 0.381. The standard InChI is InChI=1S/C21H24N2O5S/c1-4-8-23-17(14-6-5-7-15(11-14)28-10-9-24)16(19(26)21(23)27)18(25)20-12(2)22-13(3)29-20/h5-7,11,17,24,26H,4,8-10H2,1-3H3. The molecular formula is C21H24N2O5S. The number of carbonyl (C=O) groups is 2. The van der Waals surface area contributed by atoms with E-state index in [0.717, 1.165) is 5.01 Å². The number of benzene rings is 1. The molecule has 3 rings (SSSR count). The summed E-state index contributed by atoms with van der Waals surface area (Å²) in [5.41, 5.74) is 1.31. The lowest BCUT2D eigenvalue weighted by atomic mass is 9.95. The average molecular weight is 416 g/mol. The molecule has 0 radical (unpaired) electrons. The first-order valence-corrected chi connectivity index (χ1v) is 10.3. The van der Waals surface area contributed by atoms with Crippen LogP contribution in [0.5, 0.6) is 5.75 Å². The highest BCUT2D eigenvalue weighted by Crippen LogP contribution is 2.40. The number of aromatic nitrogens is 1. The van der Waals surface area contributed by atoms with Gasteiger partial charge in [-0.05, 0) is 38.0 Å². The minimum atomic E-state index is -0.713. The van der Waals surface area contributed by atoms with Crippen molar-refractivity contribution in [2.45, 2.75) is 33.2 Å². The summed E-state index contributed by atoms with van der Waals surface area (Å²) in [4.78, 5) is 32.3. The number of amides is 1. The molecule has 1 unspecified atom stereocenters. The largest absolute Gasteiger partial charge is 0.503 e. The summed E-state index contributed by atoms with van der Waals surface area (Å²) < 4.78 is 5.48. The molecule has 2 aromatic rings. The molecule has 1 aromatic heterocycles. The summed E-state index contributed by atoms with van der Waals surface area (Å²) in [6, 6.07) is 6.31. The Hall–Kier alpha value is -2.71. The van der Waals surface area contributed by atoms with E-state index in [1.54, 1.807) is 31.2 Å². The lowest BCUT2D eigenvalue weighted by Gasteiger charge is -2.26. The van der Waals surface area contributed by atoms with Crippen LogP contribution in [0.15, 0.2) is 35.6 Å². The molecule has 8 heteroatoms. The third-order valence-electron chi connectivity index (χ3n) is 4.66. The summed E-state index contributed by atoms with van der Waals surface area (Å²) in [7, 11) is 0. The maximum Gasteiger partial charge on any atom is 0.290 e. The van der Waals surface area contributed by atoms with Crippen molar-refractivity contribution in [2.24, 2.45) is 0 Å². The van der Waals surface area contributed by atoms with Crippen LogP contribution in [0.2, 0.25) is 0 Å². The van der Waals surface area contributed by atoms with Gasteiger partial charge in [-0.3, -0.25) is 9.59 Å². The molecule has 2 N–H and O–H groups in total. The maximum atomic E-state index is 13.3. The van der Waals surface area contributed by atoms with Gasteiger partial charge in [0.25, 0.3) is 5.91 Å². The van der Waals surface area contributed by atoms with Crippen molar-refractivity contribution in [2.75, 3.05) is 19.8 Å². The Labute approximate surface area is 173 Å². The molecule has 1 aliphatic rings. The second-order valence-corrected chi connectivity index (χ2v) is 7.99. The molecule has 1 aliphatic heterocycles. The first-order valence-electron chi connectivity index (χ1n) is 9.45. The van der Waals surface area contributed by atoms with Crippen molar-refractivity contribution in [1.29, 1.82) is 0 Å². The van der Waals surface area contributed by atoms with E-state index >= 15 is 0 Å². The Balaban J connectivity index is 2.08. The molecule has 7 nitrogen and oxygen atoms in total. The van der Waals surface area contributed by atoms with Gasteiger partial charge >= 0.3 is 0 Å². The van der Waals surface area contributed by atoms with E-state index in [1.807, 2.05) is 13.8 Å². The van der Waals surface area contributed by atoms with Crippen molar-refractivity contribution in [3.8, 4) is 5.75 Å². The van der Waals surface area contributed by atoms with Gasteiger partial charge in [0, 0.05) is 6.54 Å². The molecule has 1 amide bonds. The van der Waals surface area contributed by atoms with E-state index in [2.05, 4.69) is 4.98 Å². The summed E-state index contributed by atoms with van der Waals surface area (Å²) in [5.74, 6) is -0.936. The molecule has 2 heterocycles. The van der Waals surface area contributed by atoms with Crippen LogP contribution >= 0.6 is 11.3 Å². The number of thiazole rings is 1. The zero-order valence-corrected chi connectivity index (χ0v) is 17.5. The predicted molar refractivity (Wildman–Crippen MR) is 109 cm³/mol. The SMILES string of the molecule is CCCN1C(=O)C(O)=C(C(=O)c2sc(C)nc2C)C1c1cccc(OCCO)c1. The van der Waals surface area contributed by atoms with E-state index in [-0.39, 0.29) is 24.6 Å². The molecule has 0 saturated heterocycles. The average Bonchev–Trinajstić information content (AvgIpc) is 3.17. The summed E-state index contributed by atoms with van der Waals surface area (Å²) in [5, 5.41) is 20.4. The van der Waals surface area contributed by atoms with E-state index in [1.165, 1.54) is 16.2 Å². The number of Topliss-reactive ketones (excluding diaryl/α,β-unsaturated/α-hetero) is 1. The second-order valence-electron chi connectivity index (χ2n) is 6.78. The number of rotatable bonds is 8. The molecule has 0 fully saturated rings. The summed E-state index contributed by atoms with van der Waals surface area (Å²) in [6.07, 6.45) is 0.677. The third kappa shape index (κ3) is 4.04. The van der Waals surface area contributed by atoms with Crippen molar-refractivity contribution in [1.82, 2.24) is 9.88 Å². The van der Waals surface area contributed by atoms with Crippen LogP contribution in [0.25, 0.3) is 0 Å². The van der Waals surface area contributed by atoms with Crippen molar-refractivity contribution in [3.63, 3.8) is 0 Å². The Morgan fingerprint density at radius 2 is 2.10 bits per heavy atom. The Morgan fingerprint density at radius 1 is 1.34 bits per heavy atom. The van der Waals surface area contributed by atoms with Crippen molar-refractivity contribution in [3.05, 3.63) is 56.7 Å². The van der Waals surface area contributed by atoms with Crippen LogP contribution in [0.4, 0.5) is 0 Å². The van der Waals surface area contributed by atoms with Crippen LogP contribution in [-0.4, -0.2) is 51.5 Å². The van der Waals surface area contributed by atoms with Crippen LogP contribution in [0.1, 0.15) is 45.3 Å². The van der Waals surface area contributed by atoms with Gasteiger partial charge in [0.05, 0.1) is 33.8 Å². The Bertz CT molecular complexity index is 966. The first-order chi connectivity index (χ1) is 13.9. The normalized spacial score (nSPS) is 16.6. The second kappa shape index (κ2) is 8.75. The van der Waals surface area contributed by atoms with E-state index in [0.29, 0.717) is 34.8 Å². The zero-order chi connectivity index (χ0) is 21.1. The molecular weight excluding hydrogens is 392 g/mol. The molecule has 1 aromatic carbocycles. The quantitative estimate of drug-likeness (QED) is 0.642. The van der Waals surface area contributed by atoms with E-state index < -0.39 is 17.7 Å². The lowest BCUT2D eigenvalue weighted by Crippen LogP contribution is -2.31. The number of aliphatic hydroxyl groups excluding tert-OH is 2. The van der Waals surface area contributed by atoms with Gasteiger partial charge in [0.15, 0.2) is 5.76 Å². The highest BCUT2D eigenvalue weighted by Gasteiger charge is 2.44. The van der Waals surface area contributed by atoms with Gasteiger partial charge in [-0.2, -0.15) is 0 Å². The lowest BCUT2D eigenvalue weighted by molar-refractivity contribution is -0.129. The van der Waals surface area contributed by atoms with Crippen LogP contribution < -0.4 is 4.74 Å². The zero-order valence-electron chi connectivity index (χ0n) is 16.6. The van der Waals surface area contributed by atoms with Gasteiger partial charge in [0.2, 0.25) is 5.78 Å². The smallest absolute Gasteiger partial charge is 0.290 e. The van der Waals surface area contributed by atoms with E-state index in [4.69, 9.17) is 9.84 Å². The molecule has 29 heavy (non-hydrogen) atoms. The third-order valence-corrected chi connectivity index (χ3v) is 5.73. The van der Waals surface area contributed by atoms with Crippen molar-refractivity contribution < 1.29 is 24.5 Å². The van der Waals surface area contributed by atoms with Gasteiger partial charge in [-0.25, -0.2) is 4.98 Å². The number of aliphatic hydroxyl groups is 2. The number of ether oxygens (including phenoxy) is 1. The predicted octanol–water partition coefficient (Wildman–Crippen LogP) is 3.12. The fourth-order valence-electron chi connectivity index (χ4n) is 3.51. The van der Waals surface area contributed by atoms with Crippen LogP contribution in [0.3, 0.4) is 0 Å². The highest BCUT2D eigenvalue weighted by molar-refractivity contribution is 7.14. The number of carbonyl (C=O) groups excluding carboxylic acids is 2. The molecule has 0 aliphatic carbocycles. The van der Waals surface area contributed by atoms with E-state index in [9.17, 15) is 14.7 Å². The Morgan fingerprint density at radius 3 is 2.72 bits per heavy atom. The Kier molecular flexibility index (Phi) is 6.34. The minimum absolute atomic E-state index is 0.0644. The van der Waals surface area contributed by atoms with Gasteiger partial charge < -0.3 is 19.8 Å². The number of hydrogen-bond donors (Lipinski definition) is 2. The number of hydrogen-bond acceptors (Lipinski definition) is 7. The molecule has 154 valence electrons. The number of nitrogens with zero attached hydrogens (tertiary/aromatic N) is 2. The summed E-state index contributed by atoms with van der Waals surface area (Å²) >= 11 is 1.25. The monoisotopic (exact) mass is 416 g/mol. The minimum Gasteiger partial charge on any atom is -0.503 e. The first kappa shape index (κ1) is 21.0. The molecule has 0 saturated carbocycles. The van der Waals surface area contributed by atoms with Crippen LogP contribution in [0, 0.1) is 13.8 Å². The number of aryl methyl sites for hydroxylation is 2. The van der Waals surface area contributed by atoms with Gasteiger partial charge in [-0.1, -0.05) is 19.1 Å². The topological polar surface area (TPSA) is 100.0 Å². The summed E-state index contributed by atoms with van der Waals surface area (Å²) in [6.45, 7) is 5.89. The number of ketones is 1. The highest BCUT2D eigenvalue weighted by atomic mass is 32.1. The van der Waals surface area contributed by atoms with Crippen molar-refractivity contribution >= 4 is 23.0 Å². The maximum absolute atomic E-state index is 13.3. The molecule has 0 bridgehead atoms. The van der Waals surface area contributed by atoms with Gasteiger partial charge in [0.1, 0.15) is 12.4 Å². The van der Waals surface area contributed by atoms with Gasteiger partial charge in [-0.15, -0.1) is 11.3 Å². The fourth-order valence-corrected chi connectivity index (χ4v) is 4.38. The van der Waals surface area contributed by atoms with Crippen LogP contribution in [-0.2, 0) is 4.79 Å².